The van der Waals surface area contributed by atoms with Gasteiger partial charge in [-0.3, -0.25) is 34.8 Å². The minimum Gasteiger partial charge on any atom is -0.496 e. The molecule has 4 aromatic rings. The summed E-state index contributed by atoms with van der Waals surface area (Å²) in [6, 6.07) is 19.0. The lowest BCUT2D eigenvalue weighted by Gasteiger charge is -2.41. The first-order valence-electron chi connectivity index (χ1n) is 24.4. The number of amides is 4. The summed E-state index contributed by atoms with van der Waals surface area (Å²) < 4.78 is 24.5. The molecule has 2 aliphatic rings. The zero-order chi connectivity index (χ0) is 53.1. The van der Waals surface area contributed by atoms with Gasteiger partial charge in [0.25, 0.3) is 23.6 Å². The number of fused-ring (bicyclic) bond motifs is 1. The van der Waals surface area contributed by atoms with E-state index in [0.717, 1.165) is 0 Å². The first-order chi connectivity index (χ1) is 33.8. The van der Waals surface area contributed by atoms with Gasteiger partial charge in [-0.2, -0.15) is 5.10 Å². The number of nitrogens with one attached hydrogen (secondary N) is 3. The van der Waals surface area contributed by atoms with Gasteiger partial charge in [0, 0.05) is 38.9 Å². The lowest BCUT2D eigenvalue weighted by atomic mass is 9.71. The summed E-state index contributed by atoms with van der Waals surface area (Å²) in [6.45, 7) is 23.3. The van der Waals surface area contributed by atoms with E-state index in [2.05, 4.69) is 21.3 Å². The van der Waals surface area contributed by atoms with Crippen LogP contribution in [0.2, 0.25) is 0 Å². The number of rotatable bonds is 15. The summed E-state index contributed by atoms with van der Waals surface area (Å²) in [6.07, 6.45) is 4.10. The molecule has 2 heterocycles. The minimum absolute atomic E-state index is 0.210. The van der Waals surface area contributed by atoms with E-state index in [-0.39, 0.29) is 16.7 Å². The van der Waals surface area contributed by atoms with Crippen LogP contribution < -0.4 is 36.6 Å². The number of aldehydes is 1. The van der Waals surface area contributed by atoms with Crippen LogP contribution in [-0.4, -0.2) is 103 Å². The Bertz CT molecular complexity index is 2730. The zero-order valence-electron chi connectivity index (χ0n) is 44.2. The second-order valence-electron chi connectivity index (χ2n) is 21.5. The highest BCUT2D eigenvalue weighted by Crippen LogP contribution is 2.42. The highest BCUT2D eigenvalue weighted by Gasteiger charge is 2.55. The van der Waals surface area contributed by atoms with Crippen molar-refractivity contribution in [2.45, 2.75) is 132 Å². The van der Waals surface area contributed by atoms with Crippen LogP contribution in [0.15, 0.2) is 77.9 Å². The molecule has 16 nitrogen and oxygen atoms in total. The third-order valence-electron chi connectivity index (χ3n) is 14.3. The molecule has 0 aliphatic carbocycles. The molecule has 0 saturated carbocycles. The predicted octanol–water partition coefficient (Wildman–Crippen LogP) is 6.72. The van der Waals surface area contributed by atoms with Gasteiger partial charge in [-0.25, -0.2) is 10.0 Å². The van der Waals surface area contributed by atoms with Gasteiger partial charge in [0.05, 0.1) is 43.7 Å². The monoisotopic (exact) mass is 985 g/mol. The molecule has 1 saturated heterocycles. The summed E-state index contributed by atoms with van der Waals surface area (Å²) in [5.41, 5.74) is 7.06. The molecule has 1 fully saturated rings. The molecule has 0 radical (unpaired) electrons. The highest BCUT2D eigenvalue weighted by molar-refractivity contribution is 6.65. The number of ether oxygens (including phenoxy) is 2. The van der Waals surface area contributed by atoms with E-state index in [9.17, 15) is 29.0 Å². The summed E-state index contributed by atoms with van der Waals surface area (Å²) >= 11 is 0. The number of hydrogen-bond donors (Lipinski definition) is 4. The topological polar surface area (TPSA) is 197 Å². The molecule has 0 bridgehead atoms. The molecule has 4 N–H and O–H groups in total. The maximum Gasteiger partial charge on any atom is 0.495 e. The summed E-state index contributed by atoms with van der Waals surface area (Å²) in [5, 5.41) is 20.1. The highest BCUT2D eigenvalue weighted by atomic mass is 16.7. The fourth-order valence-corrected chi connectivity index (χ4v) is 9.70. The number of nitrogens with zero attached hydrogens (tertiary/aromatic N) is 3. The van der Waals surface area contributed by atoms with Crippen LogP contribution in [0.1, 0.15) is 163 Å². The van der Waals surface area contributed by atoms with E-state index in [0.29, 0.717) is 82.2 Å². The zero-order valence-corrected chi connectivity index (χ0v) is 44.2. The van der Waals surface area contributed by atoms with Gasteiger partial charge in [-0.15, -0.1) is 0 Å². The molecule has 2 aliphatic heterocycles. The number of hydrogen-bond acceptors (Lipinski definition) is 12. The van der Waals surface area contributed by atoms with E-state index < -0.39 is 71.9 Å². The second kappa shape index (κ2) is 21.7. The molecule has 6 rings (SSSR count). The van der Waals surface area contributed by atoms with Crippen LogP contribution in [0.3, 0.4) is 0 Å². The minimum atomic E-state index is -1.13. The van der Waals surface area contributed by atoms with Crippen molar-refractivity contribution < 1.29 is 47.8 Å². The number of methoxy groups -OCH3 is 2. The van der Waals surface area contributed by atoms with E-state index in [4.69, 9.17) is 18.8 Å². The van der Waals surface area contributed by atoms with Crippen LogP contribution >= 0.6 is 0 Å². The summed E-state index contributed by atoms with van der Waals surface area (Å²) in [5.74, 6) is -0.884. The SMILES string of the molecule is CC[C@@H](N(NC(=O)c1cccc(OC)c1C)C(=O)c1ccc(C=O)c(B2OC(C)(C)C(C)(CCC[C@@H](N(NC(=O)c3cccc(OC)c3C)C(=O)c3ccc4c(c3)B(O)NN=C4)C(C)(C)C)O2)c1)C(C)(C)C. The Hall–Kier alpha value is -6.49. The average Bonchev–Trinajstić information content (AvgIpc) is 3.57. The number of hydrazine groups is 2. The van der Waals surface area contributed by atoms with E-state index >= 15 is 0 Å². The fourth-order valence-electron chi connectivity index (χ4n) is 9.70. The lowest BCUT2D eigenvalue weighted by molar-refractivity contribution is -0.0208. The number of hydrazone groups is 1. The Morgan fingerprint density at radius 3 is 1.79 bits per heavy atom. The largest absolute Gasteiger partial charge is 0.496 e. The van der Waals surface area contributed by atoms with Crippen molar-refractivity contribution in [2.24, 2.45) is 15.9 Å². The first kappa shape index (κ1) is 54.8. The molecular weight excluding hydrogens is 914 g/mol. The maximum absolute atomic E-state index is 14.8. The van der Waals surface area contributed by atoms with Crippen molar-refractivity contribution in [1.29, 1.82) is 0 Å². The molecule has 4 aromatic carbocycles. The van der Waals surface area contributed by atoms with Crippen LogP contribution in [0.25, 0.3) is 0 Å². The Labute approximate surface area is 424 Å². The lowest BCUT2D eigenvalue weighted by Crippen LogP contribution is -2.57. The molecule has 0 spiro atoms. The molecule has 18 heteroatoms. The molecule has 4 amide bonds. The predicted molar refractivity (Wildman–Crippen MR) is 280 cm³/mol. The summed E-state index contributed by atoms with van der Waals surface area (Å²) in [7, 11) is 0.863. The Morgan fingerprint density at radius 2 is 1.29 bits per heavy atom. The Kier molecular flexibility index (Phi) is 16.5. The van der Waals surface area contributed by atoms with Crippen LogP contribution in [-0.2, 0) is 9.31 Å². The molecule has 3 atom stereocenters. The molecular formula is C54H70B2N6O10. The Balaban J connectivity index is 1.29. The van der Waals surface area contributed by atoms with Crippen molar-refractivity contribution in [3.8, 4) is 11.5 Å². The van der Waals surface area contributed by atoms with Crippen molar-refractivity contribution >= 4 is 61.2 Å². The van der Waals surface area contributed by atoms with Gasteiger partial charge in [-0.05, 0) is 136 Å². The third-order valence-corrected chi connectivity index (χ3v) is 14.3. The van der Waals surface area contributed by atoms with Gasteiger partial charge < -0.3 is 29.1 Å². The average molecular weight is 985 g/mol. The standard InChI is InChI=1S/C54H70B2N6O10/c1-15-45(51(4,5)6)61(58-47(64)39-19-16-21-43(69-13)33(39)2)49(66)36-25-27-38(32-63)42(30-36)56-71-53(10,11)54(12,72-56)28-18-23-46(52(7,8)9)62(59-48(65)40-20-17-22-44(70-14)34(40)3)50(67)35-24-26-37-31-57-60-55(68)41(37)29-35/h16-17,19-22,24-27,29-32,45-46,60,68H,15,18,23,28H2,1-14H3,(H,58,64)(H,59,65)/t45-,46-,54?/m1/s1. The fraction of sp³-hybridized carbons (Fsp3) is 0.444. The van der Waals surface area contributed by atoms with Crippen molar-refractivity contribution in [1.82, 2.24) is 26.2 Å². The second-order valence-corrected chi connectivity index (χ2v) is 21.5. The van der Waals surface area contributed by atoms with Gasteiger partial charge in [0.1, 0.15) is 17.8 Å². The maximum atomic E-state index is 14.8. The smallest absolute Gasteiger partial charge is 0.495 e. The van der Waals surface area contributed by atoms with Gasteiger partial charge in [0.2, 0.25) is 0 Å². The normalized spacial score (nSPS) is 17.0. The van der Waals surface area contributed by atoms with E-state index in [1.165, 1.54) is 24.2 Å². The van der Waals surface area contributed by atoms with E-state index in [1.54, 1.807) is 92.9 Å². The Morgan fingerprint density at radius 1 is 0.778 bits per heavy atom. The number of benzene rings is 4. The molecule has 72 heavy (non-hydrogen) atoms. The quantitative estimate of drug-likeness (QED) is 0.0561. The van der Waals surface area contributed by atoms with Gasteiger partial charge in [0.15, 0.2) is 0 Å². The molecule has 382 valence electrons. The summed E-state index contributed by atoms with van der Waals surface area (Å²) in [4.78, 5) is 70.5. The van der Waals surface area contributed by atoms with Crippen molar-refractivity contribution in [2.75, 3.05) is 14.2 Å². The van der Waals surface area contributed by atoms with Gasteiger partial charge >= 0.3 is 14.2 Å². The van der Waals surface area contributed by atoms with Crippen molar-refractivity contribution in [3.63, 3.8) is 0 Å². The van der Waals surface area contributed by atoms with Crippen molar-refractivity contribution in [3.05, 3.63) is 117 Å². The number of carbonyl (C=O) groups excluding carboxylic acids is 5. The number of carbonyl (C=O) groups is 5. The van der Waals surface area contributed by atoms with Crippen LogP contribution in [0.5, 0.6) is 11.5 Å². The van der Waals surface area contributed by atoms with Crippen LogP contribution in [0.4, 0.5) is 0 Å². The third kappa shape index (κ3) is 11.4. The molecule has 1 unspecified atom stereocenters. The van der Waals surface area contributed by atoms with Crippen LogP contribution in [0, 0.1) is 24.7 Å². The van der Waals surface area contributed by atoms with E-state index in [1.807, 2.05) is 69.2 Å². The molecule has 0 aromatic heterocycles. The van der Waals surface area contributed by atoms with Gasteiger partial charge in [-0.1, -0.05) is 72.7 Å². The first-order valence-corrected chi connectivity index (χ1v) is 24.4.